The van der Waals surface area contributed by atoms with Crippen molar-refractivity contribution in [3.8, 4) is 0 Å². The summed E-state index contributed by atoms with van der Waals surface area (Å²) in [5.74, 6) is 0. The van der Waals surface area contributed by atoms with Crippen LogP contribution in [0.3, 0.4) is 0 Å². The van der Waals surface area contributed by atoms with Gasteiger partial charge < -0.3 is 38.8 Å². The summed E-state index contributed by atoms with van der Waals surface area (Å²) in [7, 11) is 0. The van der Waals surface area contributed by atoms with E-state index in [-0.39, 0.29) is 61.2 Å². The van der Waals surface area contributed by atoms with Crippen LogP contribution in [0, 0.1) is 14.9 Å². The van der Waals surface area contributed by atoms with Gasteiger partial charge >= 0.3 is 22.4 Å². The molecule has 2 heteroatoms. The second kappa shape index (κ2) is 24.9. The monoisotopic (exact) mass is 354 g/mol. The molecule has 4 heavy (non-hydrogen) atoms. The van der Waals surface area contributed by atoms with E-state index in [0.29, 0.717) is 0 Å². The smallest absolute Gasteiger partial charge is 1.00 e. The molecule has 0 atom stereocenters. The Morgan fingerprint density at radius 3 is 0.750 bits per heavy atom. The maximum atomic E-state index is 0. The molecular formula is C2H6AuI-2. The first-order valence-corrected chi connectivity index (χ1v) is 0. The standard InChI is InChI=1S/2CH3.Au.HI/h2*1H3;;1H/q2*-1;+1;/p-1. The Kier molecular flexibility index (Phi) is 315. The summed E-state index contributed by atoms with van der Waals surface area (Å²) in [4.78, 5) is 0. The van der Waals surface area contributed by atoms with Crippen molar-refractivity contribution in [2.75, 3.05) is 0 Å². The predicted molar refractivity (Wildman–Crippen MR) is 12.8 cm³/mol. The quantitative estimate of drug-likeness (QED) is 0.266. The number of rotatable bonds is 0. The SMILES string of the molecule is [Au+].[CH3-].[CH3-].[I-]. The third-order valence-corrected chi connectivity index (χ3v) is 0. The molecule has 0 aromatic carbocycles. The van der Waals surface area contributed by atoms with Gasteiger partial charge in [0.1, 0.15) is 0 Å². The van der Waals surface area contributed by atoms with Gasteiger partial charge in [-0.15, -0.1) is 0 Å². The fourth-order valence-corrected chi connectivity index (χ4v) is 0. The van der Waals surface area contributed by atoms with E-state index in [1.165, 1.54) is 0 Å². The van der Waals surface area contributed by atoms with E-state index in [9.17, 15) is 0 Å². The molecule has 0 rings (SSSR count). The van der Waals surface area contributed by atoms with Gasteiger partial charge in [0.15, 0.2) is 0 Å². The van der Waals surface area contributed by atoms with Gasteiger partial charge in [0.05, 0.1) is 0 Å². The zero-order valence-electron chi connectivity index (χ0n) is 2.68. The molecule has 0 heterocycles. The molecule has 0 saturated heterocycles. The molecular weight excluding hydrogens is 348 g/mol. The number of hydrogen-bond donors (Lipinski definition) is 0. The maximum Gasteiger partial charge on any atom is 1.00 e. The second-order valence-corrected chi connectivity index (χ2v) is 0. The van der Waals surface area contributed by atoms with Gasteiger partial charge in [-0.2, -0.15) is 0 Å². The van der Waals surface area contributed by atoms with Crippen LogP contribution < -0.4 is 24.0 Å². The van der Waals surface area contributed by atoms with E-state index in [1.807, 2.05) is 0 Å². The summed E-state index contributed by atoms with van der Waals surface area (Å²) in [6.07, 6.45) is 0. The van der Waals surface area contributed by atoms with Crippen LogP contribution in [-0.4, -0.2) is 0 Å². The molecule has 0 aromatic heterocycles. The van der Waals surface area contributed by atoms with Crippen LogP contribution in [-0.2, 0) is 22.4 Å². The largest absolute Gasteiger partial charge is 1.00 e. The molecule has 0 aromatic rings. The summed E-state index contributed by atoms with van der Waals surface area (Å²) in [5.41, 5.74) is 0. The molecule has 0 saturated carbocycles. The summed E-state index contributed by atoms with van der Waals surface area (Å²) in [5, 5.41) is 0. The molecule has 0 nitrogen and oxygen atoms in total. The minimum absolute atomic E-state index is 0. The van der Waals surface area contributed by atoms with Gasteiger partial charge in [0.2, 0.25) is 0 Å². The Balaban J connectivity index is 0. The summed E-state index contributed by atoms with van der Waals surface area (Å²) >= 11 is 0. The van der Waals surface area contributed by atoms with Gasteiger partial charge in [-0.05, 0) is 0 Å². The van der Waals surface area contributed by atoms with E-state index >= 15 is 0 Å². The molecule has 0 aliphatic carbocycles. The van der Waals surface area contributed by atoms with Gasteiger partial charge in [-0.1, -0.05) is 0 Å². The topological polar surface area (TPSA) is 0 Å². The Morgan fingerprint density at radius 2 is 0.750 bits per heavy atom. The van der Waals surface area contributed by atoms with Crippen molar-refractivity contribution in [3.63, 3.8) is 0 Å². The molecule has 0 spiro atoms. The molecule has 0 amide bonds. The zero-order chi connectivity index (χ0) is 0. The molecule has 0 unspecified atom stereocenters. The predicted octanol–water partition coefficient (Wildman–Crippen LogP) is -2.10. The molecule has 0 radical (unpaired) electrons. The Labute approximate surface area is 60.9 Å². The minimum Gasteiger partial charge on any atom is -1.00 e. The molecule has 0 fully saturated rings. The van der Waals surface area contributed by atoms with Crippen LogP contribution in [0.2, 0.25) is 0 Å². The number of halogens is 1. The van der Waals surface area contributed by atoms with Crippen molar-refractivity contribution >= 4 is 0 Å². The van der Waals surface area contributed by atoms with E-state index in [0.717, 1.165) is 0 Å². The first-order chi connectivity index (χ1) is 0. The van der Waals surface area contributed by atoms with E-state index in [1.54, 1.807) is 0 Å². The fourth-order valence-electron chi connectivity index (χ4n) is 0. The summed E-state index contributed by atoms with van der Waals surface area (Å²) < 4.78 is 0. The van der Waals surface area contributed by atoms with Crippen molar-refractivity contribution in [2.24, 2.45) is 0 Å². The first kappa shape index (κ1) is 50.6. The van der Waals surface area contributed by atoms with Gasteiger partial charge in [0, 0.05) is 0 Å². The second-order valence-electron chi connectivity index (χ2n) is 0. The van der Waals surface area contributed by atoms with Crippen molar-refractivity contribution in [1.29, 1.82) is 0 Å². The van der Waals surface area contributed by atoms with Crippen LogP contribution in [0.25, 0.3) is 0 Å². The van der Waals surface area contributed by atoms with Gasteiger partial charge in [0.25, 0.3) is 0 Å². The molecule has 0 aliphatic heterocycles. The fraction of sp³-hybridized carbons (Fsp3) is 0. The number of hydrogen-bond acceptors (Lipinski definition) is 0. The summed E-state index contributed by atoms with van der Waals surface area (Å²) in [6.45, 7) is 0. The zero-order valence-corrected chi connectivity index (χ0v) is 7.00. The maximum absolute atomic E-state index is 0. The average Bonchev–Trinajstić information content (AvgIpc) is 0. The van der Waals surface area contributed by atoms with Crippen LogP contribution in [0.4, 0.5) is 0 Å². The van der Waals surface area contributed by atoms with E-state index in [4.69, 9.17) is 0 Å². The Bertz CT molecular complexity index is 6.00. The Morgan fingerprint density at radius 1 is 0.750 bits per heavy atom. The normalized spacial score (nSPS) is 0. The van der Waals surface area contributed by atoms with Crippen molar-refractivity contribution in [3.05, 3.63) is 14.9 Å². The Hall–Kier alpha value is 1.47. The van der Waals surface area contributed by atoms with Crippen molar-refractivity contribution in [1.82, 2.24) is 0 Å². The third kappa shape index (κ3) is 9.80. The minimum atomic E-state index is 0. The van der Waals surface area contributed by atoms with E-state index < -0.39 is 0 Å². The summed E-state index contributed by atoms with van der Waals surface area (Å²) in [6, 6.07) is 0. The molecule has 0 N–H and O–H groups in total. The van der Waals surface area contributed by atoms with E-state index in [2.05, 4.69) is 0 Å². The first-order valence-electron chi connectivity index (χ1n) is 0. The van der Waals surface area contributed by atoms with Gasteiger partial charge in [-0.3, -0.25) is 0 Å². The van der Waals surface area contributed by atoms with Crippen molar-refractivity contribution < 1.29 is 46.4 Å². The van der Waals surface area contributed by atoms with Gasteiger partial charge in [-0.25, -0.2) is 0 Å². The van der Waals surface area contributed by atoms with Crippen LogP contribution >= 0.6 is 0 Å². The molecule has 34 valence electrons. The molecule has 0 bridgehead atoms. The van der Waals surface area contributed by atoms with Crippen LogP contribution in [0.1, 0.15) is 0 Å². The average molecular weight is 354 g/mol. The van der Waals surface area contributed by atoms with Crippen LogP contribution in [0.5, 0.6) is 0 Å². The van der Waals surface area contributed by atoms with Crippen LogP contribution in [0.15, 0.2) is 0 Å². The van der Waals surface area contributed by atoms with Crippen molar-refractivity contribution in [2.45, 2.75) is 0 Å². The molecule has 0 aliphatic rings. The third-order valence-electron chi connectivity index (χ3n) is 0.